The summed E-state index contributed by atoms with van der Waals surface area (Å²) in [4.78, 5) is 31.7. The third kappa shape index (κ3) is 2.72. The molecule has 5 heteroatoms. The summed E-state index contributed by atoms with van der Waals surface area (Å²) < 4.78 is 0. The van der Waals surface area contributed by atoms with Gasteiger partial charge in [0.1, 0.15) is 11.6 Å². The van der Waals surface area contributed by atoms with E-state index in [-0.39, 0.29) is 28.8 Å². The average Bonchev–Trinajstić information content (AvgIpc) is 3.29. The fourth-order valence-electron chi connectivity index (χ4n) is 7.29. The molecule has 0 bridgehead atoms. The molecule has 0 amide bonds. The number of carbonyl (C=O) groups is 2. The number of hydroxylamine groups is 1. The summed E-state index contributed by atoms with van der Waals surface area (Å²) in [6.45, 7) is 6.48. The molecule has 3 saturated carbocycles. The van der Waals surface area contributed by atoms with E-state index in [2.05, 4.69) is 30.7 Å². The van der Waals surface area contributed by atoms with Crippen LogP contribution in [0.4, 0.5) is 0 Å². The van der Waals surface area contributed by atoms with Crippen LogP contribution in [0, 0.1) is 34.5 Å². The van der Waals surface area contributed by atoms with Crippen LogP contribution in [0.15, 0.2) is 11.8 Å². The Balaban J connectivity index is 1.35. The summed E-state index contributed by atoms with van der Waals surface area (Å²) in [6, 6.07) is 0. The molecule has 2 N–H and O–H groups in total. The Labute approximate surface area is 168 Å². The van der Waals surface area contributed by atoms with Gasteiger partial charge < -0.3 is 5.32 Å². The molecule has 1 unspecified atom stereocenters. The van der Waals surface area contributed by atoms with Gasteiger partial charge in [0.05, 0.1) is 6.10 Å². The predicted octanol–water partition coefficient (Wildman–Crippen LogP) is 3.15. The molecule has 5 rings (SSSR count). The van der Waals surface area contributed by atoms with Gasteiger partial charge in [0.25, 0.3) is 0 Å². The molecular weight excluding hydrogens is 352 g/mol. The van der Waals surface area contributed by atoms with Crippen molar-refractivity contribution in [1.82, 2.24) is 10.8 Å². The van der Waals surface area contributed by atoms with Crippen molar-refractivity contribution < 1.29 is 14.4 Å². The SMILES string of the molecule is C[C@]12CCC(NO[C@H]3CCNC3)=CC1CC(=O)[C@@H]1[C@@H]2CC[C@]2(C)C(=O)CC[C@@H]12. The molecule has 1 aliphatic heterocycles. The first kappa shape index (κ1) is 18.8. The number of fused-ring (bicyclic) bond motifs is 5. The summed E-state index contributed by atoms with van der Waals surface area (Å²) in [5.74, 6) is 1.94. The molecule has 0 radical (unpaired) electrons. The van der Waals surface area contributed by atoms with Crippen LogP contribution in [0.5, 0.6) is 0 Å². The summed E-state index contributed by atoms with van der Waals surface area (Å²) in [7, 11) is 0. The van der Waals surface area contributed by atoms with Crippen LogP contribution in [-0.2, 0) is 14.4 Å². The Morgan fingerprint density at radius 1 is 1.11 bits per heavy atom. The Bertz CT molecular complexity index is 713. The highest BCUT2D eigenvalue weighted by molar-refractivity contribution is 5.90. The lowest BCUT2D eigenvalue weighted by atomic mass is 9.45. The van der Waals surface area contributed by atoms with Gasteiger partial charge in [-0.3, -0.25) is 19.9 Å². The Kier molecular flexibility index (Phi) is 4.48. The molecule has 1 heterocycles. The van der Waals surface area contributed by atoms with Crippen LogP contribution in [0.1, 0.15) is 65.2 Å². The third-order valence-electron chi connectivity index (χ3n) is 9.17. The minimum Gasteiger partial charge on any atom is -0.314 e. The zero-order valence-electron chi connectivity index (χ0n) is 17.3. The van der Waals surface area contributed by atoms with Gasteiger partial charge in [-0.1, -0.05) is 19.9 Å². The number of hydrogen-bond acceptors (Lipinski definition) is 5. The fourth-order valence-corrected chi connectivity index (χ4v) is 7.29. The molecule has 0 aromatic heterocycles. The molecule has 4 aliphatic carbocycles. The molecule has 0 aromatic rings. The van der Waals surface area contributed by atoms with E-state index in [0.29, 0.717) is 36.2 Å². The maximum atomic E-state index is 13.3. The smallest absolute Gasteiger partial charge is 0.139 e. The van der Waals surface area contributed by atoms with Gasteiger partial charge in [0.2, 0.25) is 0 Å². The van der Waals surface area contributed by atoms with E-state index in [9.17, 15) is 9.59 Å². The highest BCUT2D eigenvalue weighted by atomic mass is 16.7. The van der Waals surface area contributed by atoms with Crippen LogP contribution < -0.4 is 10.8 Å². The zero-order chi connectivity index (χ0) is 19.5. The van der Waals surface area contributed by atoms with Crippen LogP contribution in [0.2, 0.25) is 0 Å². The van der Waals surface area contributed by atoms with E-state index in [1.54, 1.807) is 0 Å². The second-order valence-electron chi connectivity index (χ2n) is 10.5. The molecule has 4 fully saturated rings. The number of allylic oxidation sites excluding steroid dienone is 2. The van der Waals surface area contributed by atoms with Crippen molar-refractivity contribution in [2.75, 3.05) is 13.1 Å². The predicted molar refractivity (Wildman–Crippen MR) is 106 cm³/mol. The number of carbonyl (C=O) groups excluding carboxylic acids is 2. The largest absolute Gasteiger partial charge is 0.314 e. The van der Waals surface area contributed by atoms with Crippen molar-refractivity contribution >= 4 is 11.6 Å². The summed E-state index contributed by atoms with van der Waals surface area (Å²) >= 11 is 0. The van der Waals surface area contributed by atoms with Gasteiger partial charge >= 0.3 is 0 Å². The highest BCUT2D eigenvalue weighted by Crippen LogP contribution is 2.64. The Morgan fingerprint density at radius 3 is 2.75 bits per heavy atom. The van der Waals surface area contributed by atoms with E-state index in [4.69, 9.17) is 4.84 Å². The van der Waals surface area contributed by atoms with E-state index < -0.39 is 0 Å². The van der Waals surface area contributed by atoms with E-state index in [0.717, 1.165) is 57.3 Å². The maximum absolute atomic E-state index is 13.3. The topological polar surface area (TPSA) is 67.4 Å². The summed E-state index contributed by atoms with van der Waals surface area (Å²) in [6.07, 6.45) is 9.92. The molecular formula is C23H34N2O3. The highest BCUT2D eigenvalue weighted by Gasteiger charge is 2.62. The second kappa shape index (κ2) is 6.66. The van der Waals surface area contributed by atoms with Crippen molar-refractivity contribution in [3.8, 4) is 0 Å². The van der Waals surface area contributed by atoms with Crippen LogP contribution in [0.3, 0.4) is 0 Å². The van der Waals surface area contributed by atoms with Gasteiger partial charge in [-0.25, -0.2) is 0 Å². The van der Waals surface area contributed by atoms with Crippen molar-refractivity contribution in [1.29, 1.82) is 0 Å². The van der Waals surface area contributed by atoms with Gasteiger partial charge in [0, 0.05) is 36.4 Å². The Hall–Kier alpha value is -1.20. The molecule has 7 atom stereocenters. The monoisotopic (exact) mass is 386 g/mol. The first-order valence-corrected chi connectivity index (χ1v) is 11.3. The van der Waals surface area contributed by atoms with E-state index >= 15 is 0 Å². The third-order valence-corrected chi connectivity index (χ3v) is 9.17. The lowest BCUT2D eigenvalue weighted by molar-refractivity contribution is -0.152. The Morgan fingerprint density at radius 2 is 1.96 bits per heavy atom. The van der Waals surface area contributed by atoms with E-state index in [1.807, 2.05) is 0 Å². The lowest BCUT2D eigenvalue weighted by Gasteiger charge is -2.57. The van der Waals surface area contributed by atoms with Crippen molar-refractivity contribution in [2.45, 2.75) is 71.3 Å². The average molecular weight is 387 g/mol. The number of ketones is 2. The molecule has 28 heavy (non-hydrogen) atoms. The molecule has 5 aliphatic rings. The lowest BCUT2D eigenvalue weighted by Crippen LogP contribution is -2.56. The summed E-state index contributed by atoms with van der Waals surface area (Å²) in [5.41, 5.74) is 4.30. The van der Waals surface area contributed by atoms with Crippen molar-refractivity contribution in [3.63, 3.8) is 0 Å². The number of hydrogen-bond donors (Lipinski definition) is 2. The zero-order valence-corrected chi connectivity index (χ0v) is 17.3. The van der Waals surface area contributed by atoms with Crippen molar-refractivity contribution in [2.24, 2.45) is 34.5 Å². The molecule has 1 saturated heterocycles. The summed E-state index contributed by atoms with van der Waals surface area (Å²) in [5, 5.41) is 3.32. The van der Waals surface area contributed by atoms with Gasteiger partial charge in [-0.15, -0.1) is 0 Å². The quantitative estimate of drug-likeness (QED) is 0.730. The fraction of sp³-hybridized carbons (Fsp3) is 0.826. The van der Waals surface area contributed by atoms with Gasteiger partial charge in [-0.2, -0.15) is 0 Å². The second-order valence-corrected chi connectivity index (χ2v) is 10.5. The van der Waals surface area contributed by atoms with Gasteiger partial charge in [-0.05, 0) is 68.2 Å². The minimum absolute atomic E-state index is 0.107. The van der Waals surface area contributed by atoms with Crippen LogP contribution in [0.25, 0.3) is 0 Å². The van der Waals surface area contributed by atoms with E-state index in [1.165, 1.54) is 0 Å². The minimum atomic E-state index is -0.236. The number of rotatable bonds is 3. The van der Waals surface area contributed by atoms with Gasteiger partial charge in [0.15, 0.2) is 0 Å². The molecule has 0 spiro atoms. The first-order valence-electron chi connectivity index (χ1n) is 11.3. The first-order chi connectivity index (χ1) is 13.4. The van der Waals surface area contributed by atoms with Crippen LogP contribution in [-0.4, -0.2) is 30.8 Å². The van der Waals surface area contributed by atoms with Crippen LogP contribution >= 0.6 is 0 Å². The molecule has 154 valence electrons. The number of nitrogens with one attached hydrogen (secondary N) is 2. The normalized spacial score (nSPS) is 47.9. The standard InChI is InChI=1S/C23H34N2O3/c1-22-8-5-15(25-28-16-7-10-24-13-16)11-14(22)12-19(26)21-17-3-4-20(27)23(17,2)9-6-18(21)22/h11,14,16-18,21,24-25H,3-10,12-13H2,1-2H3/t14?,16-,17-,18-,21-,22-,23-/m0/s1. The maximum Gasteiger partial charge on any atom is 0.139 e. The van der Waals surface area contributed by atoms with Crippen molar-refractivity contribution in [3.05, 3.63) is 11.8 Å². The number of Topliss-reactive ketones (excluding diaryl/α,β-unsaturated/α-hetero) is 2. The molecule has 5 nitrogen and oxygen atoms in total. The molecule has 0 aromatic carbocycles.